The maximum atomic E-state index is 13.2. The number of aryl methyl sites for hydroxylation is 1. The van der Waals surface area contributed by atoms with Gasteiger partial charge in [0.15, 0.2) is 0 Å². The van der Waals surface area contributed by atoms with E-state index in [1.807, 2.05) is 45.0 Å². The smallest absolute Gasteiger partial charge is 0.233 e. The first kappa shape index (κ1) is 19.3. The van der Waals surface area contributed by atoms with Crippen LogP contribution in [0.4, 0.5) is 4.39 Å². The number of aromatic nitrogens is 2. The van der Waals surface area contributed by atoms with Gasteiger partial charge < -0.3 is 4.90 Å². The lowest BCUT2D eigenvalue weighted by molar-refractivity contribution is -0.130. The Balaban J connectivity index is 1.75. The maximum absolute atomic E-state index is 13.2. The van der Waals surface area contributed by atoms with Crippen LogP contribution in [0.2, 0.25) is 0 Å². The molecule has 6 heteroatoms. The van der Waals surface area contributed by atoms with E-state index in [0.29, 0.717) is 18.1 Å². The van der Waals surface area contributed by atoms with Crippen LogP contribution >= 0.6 is 11.8 Å². The van der Waals surface area contributed by atoms with Gasteiger partial charge in [-0.2, -0.15) is 0 Å². The Kier molecular flexibility index (Phi) is 6.06. The summed E-state index contributed by atoms with van der Waals surface area (Å²) in [6.07, 6.45) is 0. The van der Waals surface area contributed by atoms with Crippen molar-refractivity contribution in [1.82, 2.24) is 14.9 Å². The molecule has 0 fully saturated rings. The van der Waals surface area contributed by atoms with Crippen LogP contribution < -0.4 is 0 Å². The van der Waals surface area contributed by atoms with Crippen LogP contribution in [0.15, 0.2) is 53.6 Å². The predicted molar refractivity (Wildman–Crippen MR) is 107 cm³/mol. The lowest BCUT2D eigenvalue weighted by Gasteiger charge is -2.28. The zero-order valence-electron chi connectivity index (χ0n) is 15.6. The minimum Gasteiger partial charge on any atom is -0.335 e. The predicted octanol–water partition coefficient (Wildman–Crippen LogP) is 4.78. The Morgan fingerprint density at radius 3 is 2.56 bits per heavy atom. The average Bonchev–Trinajstić information content (AvgIpc) is 2.67. The van der Waals surface area contributed by atoms with Crippen molar-refractivity contribution < 1.29 is 9.18 Å². The van der Waals surface area contributed by atoms with Crippen molar-refractivity contribution in [2.45, 2.75) is 31.8 Å². The zero-order valence-corrected chi connectivity index (χ0v) is 16.5. The van der Waals surface area contributed by atoms with Gasteiger partial charge in [-0.25, -0.2) is 14.4 Å². The van der Waals surface area contributed by atoms with Crippen LogP contribution in [0.25, 0.3) is 10.9 Å². The number of nitrogens with zero attached hydrogens (tertiary/aromatic N) is 3. The van der Waals surface area contributed by atoms with Gasteiger partial charge in [-0.3, -0.25) is 4.79 Å². The second-order valence-corrected chi connectivity index (χ2v) is 7.25. The van der Waals surface area contributed by atoms with E-state index in [4.69, 9.17) is 0 Å². The second-order valence-electron chi connectivity index (χ2n) is 6.29. The second kappa shape index (κ2) is 8.48. The van der Waals surface area contributed by atoms with Crippen molar-refractivity contribution in [3.05, 3.63) is 65.7 Å². The van der Waals surface area contributed by atoms with Crippen LogP contribution in [0, 0.1) is 12.7 Å². The van der Waals surface area contributed by atoms with Crippen molar-refractivity contribution in [2.24, 2.45) is 0 Å². The molecular formula is C21H22FN3OS. The summed E-state index contributed by atoms with van der Waals surface area (Å²) in [6.45, 7) is 6.35. The number of hydrogen-bond donors (Lipinski definition) is 0. The number of halogens is 1. The quantitative estimate of drug-likeness (QED) is 0.454. The van der Waals surface area contributed by atoms with E-state index in [2.05, 4.69) is 9.97 Å². The van der Waals surface area contributed by atoms with Crippen LogP contribution in [0.1, 0.15) is 31.3 Å². The molecule has 1 aromatic heterocycles. The molecule has 0 aliphatic carbocycles. The van der Waals surface area contributed by atoms with Crippen molar-refractivity contribution in [2.75, 3.05) is 12.3 Å². The lowest BCUT2D eigenvalue weighted by atomic mass is 10.1. The van der Waals surface area contributed by atoms with Crippen LogP contribution in [0.5, 0.6) is 0 Å². The molecule has 27 heavy (non-hydrogen) atoms. The number of hydrogen-bond acceptors (Lipinski definition) is 4. The number of para-hydroxylation sites is 1. The van der Waals surface area contributed by atoms with Gasteiger partial charge in [0.25, 0.3) is 0 Å². The Morgan fingerprint density at radius 1 is 1.15 bits per heavy atom. The third kappa shape index (κ3) is 4.45. The molecule has 0 spiro atoms. The highest BCUT2D eigenvalue weighted by Gasteiger charge is 2.20. The van der Waals surface area contributed by atoms with E-state index < -0.39 is 0 Å². The summed E-state index contributed by atoms with van der Waals surface area (Å²) in [5.74, 6) is 0.733. The summed E-state index contributed by atoms with van der Waals surface area (Å²) in [5.41, 5.74) is 1.80. The first-order chi connectivity index (χ1) is 13.0. The average molecular weight is 383 g/mol. The SMILES string of the molecule is CCN(C(=O)CSc1nc(C)nc2ccccc12)C(C)c1ccc(F)cc1. The standard InChI is InChI=1S/C21H22FN3OS/c1-4-25(14(2)16-9-11-17(22)12-10-16)20(26)13-27-21-18-7-5-6-8-19(18)23-15(3)24-21/h5-12,14H,4,13H2,1-3H3. The highest BCUT2D eigenvalue weighted by molar-refractivity contribution is 8.00. The largest absolute Gasteiger partial charge is 0.335 e. The summed E-state index contributed by atoms with van der Waals surface area (Å²) in [7, 11) is 0. The van der Waals surface area contributed by atoms with Crippen molar-refractivity contribution in [3.63, 3.8) is 0 Å². The number of carbonyl (C=O) groups excluding carboxylic acids is 1. The topological polar surface area (TPSA) is 46.1 Å². The minimum atomic E-state index is -0.276. The first-order valence-corrected chi connectivity index (χ1v) is 9.89. The van der Waals surface area contributed by atoms with Crippen LogP contribution in [-0.4, -0.2) is 33.1 Å². The summed E-state index contributed by atoms with van der Waals surface area (Å²) in [5, 5.41) is 1.77. The van der Waals surface area contributed by atoms with E-state index in [0.717, 1.165) is 21.5 Å². The van der Waals surface area contributed by atoms with Gasteiger partial charge in [-0.15, -0.1) is 0 Å². The summed E-state index contributed by atoms with van der Waals surface area (Å²) >= 11 is 1.43. The molecule has 0 bridgehead atoms. The van der Waals surface area contributed by atoms with E-state index in [1.54, 1.807) is 17.0 Å². The monoisotopic (exact) mass is 383 g/mol. The molecule has 0 N–H and O–H groups in total. The third-order valence-corrected chi connectivity index (χ3v) is 5.47. The lowest BCUT2D eigenvalue weighted by Crippen LogP contribution is -2.34. The molecule has 2 aromatic carbocycles. The molecule has 140 valence electrons. The Hall–Kier alpha value is -2.47. The number of amides is 1. The highest BCUT2D eigenvalue weighted by Crippen LogP contribution is 2.27. The molecule has 1 amide bonds. The highest BCUT2D eigenvalue weighted by atomic mass is 32.2. The summed E-state index contributed by atoms with van der Waals surface area (Å²) in [4.78, 5) is 23.6. The van der Waals surface area contributed by atoms with Crippen molar-refractivity contribution in [1.29, 1.82) is 0 Å². The number of benzene rings is 2. The maximum Gasteiger partial charge on any atom is 0.233 e. The van der Waals surface area contributed by atoms with Crippen LogP contribution in [0.3, 0.4) is 0 Å². The number of thioether (sulfide) groups is 1. The molecule has 0 saturated carbocycles. The van der Waals surface area contributed by atoms with Gasteiger partial charge in [0.05, 0.1) is 17.3 Å². The Labute approximate surface area is 162 Å². The van der Waals surface area contributed by atoms with Gasteiger partial charge in [-0.1, -0.05) is 42.1 Å². The molecule has 3 aromatic rings. The zero-order chi connectivity index (χ0) is 19.4. The Bertz CT molecular complexity index is 946. The van der Waals surface area contributed by atoms with Gasteiger partial charge in [0, 0.05) is 11.9 Å². The van der Waals surface area contributed by atoms with E-state index in [-0.39, 0.29) is 17.8 Å². The molecule has 1 unspecified atom stereocenters. The molecular weight excluding hydrogens is 361 g/mol. The molecule has 0 aliphatic rings. The molecule has 4 nitrogen and oxygen atoms in total. The molecule has 0 radical (unpaired) electrons. The van der Waals surface area contributed by atoms with Gasteiger partial charge in [-0.05, 0) is 44.5 Å². The van der Waals surface area contributed by atoms with E-state index in [9.17, 15) is 9.18 Å². The molecule has 0 saturated heterocycles. The Morgan fingerprint density at radius 2 is 1.85 bits per heavy atom. The fourth-order valence-corrected chi connectivity index (χ4v) is 4.02. The molecule has 1 atom stereocenters. The fraction of sp³-hybridized carbons (Fsp3) is 0.286. The van der Waals surface area contributed by atoms with Crippen LogP contribution in [-0.2, 0) is 4.79 Å². The minimum absolute atomic E-state index is 0.0275. The van der Waals surface area contributed by atoms with Gasteiger partial charge in [0.2, 0.25) is 5.91 Å². The van der Waals surface area contributed by atoms with Crippen molar-refractivity contribution >= 4 is 28.6 Å². The van der Waals surface area contributed by atoms with Gasteiger partial charge >= 0.3 is 0 Å². The molecule has 3 rings (SSSR count). The summed E-state index contributed by atoms with van der Waals surface area (Å²) < 4.78 is 13.2. The normalized spacial score (nSPS) is 12.1. The summed E-state index contributed by atoms with van der Waals surface area (Å²) in [6, 6.07) is 14.0. The number of carbonyl (C=O) groups is 1. The third-order valence-electron chi connectivity index (χ3n) is 4.49. The van der Waals surface area contributed by atoms with E-state index >= 15 is 0 Å². The number of rotatable bonds is 6. The van der Waals surface area contributed by atoms with E-state index in [1.165, 1.54) is 23.9 Å². The van der Waals surface area contributed by atoms with Gasteiger partial charge in [0.1, 0.15) is 16.7 Å². The molecule has 0 aliphatic heterocycles. The first-order valence-electron chi connectivity index (χ1n) is 8.90. The fourth-order valence-electron chi connectivity index (χ4n) is 3.07. The number of fused-ring (bicyclic) bond motifs is 1. The molecule has 1 heterocycles. The van der Waals surface area contributed by atoms with Crippen molar-refractivity contribution in [3.8, 4) is 0 Å².